The van der Waals surface area contributed by atoms with Gasteiger partial charge in [-0.3, -0.25) is 4.31 Å². The van der Waals surface area contributed by atoms with E-state index in [0.29, 0.717) is 22.9 Å². The summed E-state index contributed by atoms with van der Waals surface area (Å²) < 4.78 is 42.7. The lowest BCUT2D eigenvalue weighted by Crippen LogP contribution is -2.26. The van der Waals surface area contributed by atoms with Gasteiger partial charge in [0.15, 0.2) is 6.61 Å². The van der Waals surface area contributed by atoms with Crippen LogP contribution in [-0.2, 0) is 14.8 Å². The molecule has 0 bridgehead atoms. The third-order valence-corrected chi connectivity index (χ3v) is 6.63. The van der Waals surface area contributed by atoms with E-state index >= 15 is 0 Å². The second kappa shape index (κ2) is 9.74. The fraction of sp³-hybridized carbons (Fsp3) is 0.208. The molecule has 0 unspecified atom stereocenters. The summed E-state index contributed by atoms with van der Waals surface area (Å²) in [6, 6.07) is 18.0. The maximum Gasteiger partial charge on any atom is 0.349 e. The molecule has 0 saturated carbocycles. The van der Waals surface area contributed by atoms with Crippen LogP contribution in [0.2, 0.25) is 0 Å². The van der Waals surface area contributed by atoms with Gasteiger partial charge in [0.1, 0.15) is 17.2 Å². The molecule has 3 rings (SSSR count). The summed E-state index contributed by atoms with van der Waals surface area (Å²) in [4.78, 5) is 12.3. The van der Waals surface area contributed by atoms with Gasteiger partial charge in [0.2, 0.25) is 0 Å². The van der Waals surface area contributed by atoms with Crippen molar-refractivity contribution in [3.8, 4) is 17.2 Å². The number of nitrogens with zero attached hydrogens (tertiary/aromatic N) is 1. The Bertz CT molecular complexity index is 1190. The fourth-order valence-electron chi connectivity index (χ4n) is 3.03. The quantitative estimate of drug-likeness (QED) is 0.375. The van der Waals surface area contributed by atoms with E-state index in [1.165, 1.54) is 38.4 Å². The van der Waals surface area contributed by atoms with Gasteiger partial charge in [-0.25, -0.2) is 13.2 Å². The van der Waals surface area contributed by atoms with Gasteiger partial charge < -0.3 is 14.2 Å². The minimum absolute atomic E-state index is 0.139. The van der Waals surface area contributed by atoms with Crippen LogP contribution in [0.25, 0.3) is 0 Å². The Labute approximate surface area is 188 Å². The monoisotopic (exact) mass is 455 g/mol. The van der Waals surface area contributed by atoms with Crippen molar-refractivity contribution in [2.45, 2.75) is 18.7 Å². The van der Waals surface area contributed by atoms with Crippen LogP contribution in [-0.4, -0.2) is 35.2 Å². The topological polar surface area (TPSA) is 82.1 Å². The van der Waals surface area contributed by atoms with Crippen LogP contribution in [0.5, 0.6) is 17.2 Å². The van der Waals surface area contributed by atoms with E-state index in [1.807, 2.05) is 32.0 Å². The average Bonchev–Trinajstić information content (AvgIpc) is 2.78. The van der Waals surface area contributed by atoms with Gasteiger partial charge in [-0.15, -0.1) is 0 Å². The summed E-state index contributed by atoms with van der Waals surface area (Å²) in [5.41, 5.74) is 2.46. The maximum atomic E-state index is 12.8. The average molecular weight is 456 g/mol. The van der Waals surface area contributed by atoms with Gasteiger partial charge in [-0.1, -0.05) is 17.7 Å². The number of hydrogen-bond donors (Lipinski definition) is 0. The van der Waals surface area contributed by atoms with Crippen LogP contribution in [0.4, 0.5) is 5.69 Å². The van der Waals surface area contributed by atoms with Crippen molar-refractivity contribution in [2.75, 3.05) is 25.1 Å². The van der Waals surface area contributed by atoms with Crippen molar-refractivity contribution in [1.82, 2.24) is 0 Å². The van der Waals surface area contributed by atoms with Crippen molar-refractivity contribution in [3.05, 3.63) is 77.9 Å². The number of ether oxygens (including phenoxy) is 3. The minimum atomic E-state index is -3.75. The van der Waals surface area contributed by atoms with Crippen molar-refractivity contribution in [2.24, 2.45) is 0 Å². The van der Waals surface area contributed by atoms with E-state index < -0.39 is 16.0 Å². The highest BCUT2D eigenvalue weighted by Gasteiger charge is 2.21. The molecule has 0 aliphatic carbocycles. The summed E-state index contributed by atoms with van der Waals surface area (Å²) in [7, 11) is -0.779. The number of carbonyl (C=O) groups is 1. The maximum absolute atomic E-state index is 12.8. The standard InChI is InChI=1S/C24H25NO6S/c1-17-5-14-23(18(2)15-17)30-16-24(26)31-21-8-6-19(7-9-21)25(3)32(27,28)22-12-10-20(29-4)11-13-22/h5-15H,16H2,1-4H3. The fourth-order valence-corrected chi connectivity index (χ4v) is 4.22. The largest absolute Gasteiger partial charge is 0.497 e. The van der Waals surface area contributed by atoms with Gasteiger partial charge in [0, 0.05) is 7.05 Å². The molecule has 0 amide bonds. The molecule has 0 heterocycles. The smallest absolute Gasteiger partial charge is 0.349 e. The van der Waals surface area contributed by atoms with Crippen LogP contribution in [0.15, 0.2) is 71.6 Å². The van der Waals surface area contributed by atoms with E-state index in [2.05, 4.69) is 0 Å². The van der Waals surface area contributed by atoms with E-state index in [1.54, 1.807) is 24.3 Å². The lowest BCUT2D eigenvalue weighted by molar-refractivity contribution is -0.136. The zero-order valence-corrected chi connectivity index (χ0v) is 19.2. The summed E-state index contributed by atoms with van der Waals surface area (Å²) in [5, 5.41) is 0. The number of anilines is 1. The molecule has 0 aliphatic rings. The Morgan fingerprint density at radius 2 is 1.53 bits per heavy atom. The third kappa shape index (κ3) is 5.39. The number of rotatable bonds is 8. The first-order valence-corrected chi connectivity index (χ1v) is 11.3. The van der Waals surface area contributed by atoms with Crippen LogP contribution >= 0.6 is 0 Å². The zero-order chi connectivity index (χ0) is 23.3. The molecule has 3 aromatic rings. The molecule has 0 radical (unpaired) electrons. The Morgan fingerprint density at radius 3 is 2.12 bits per heavy atom. The molecule has 168 valence electrons. The Balaban J connectivity index is 1.62. The summed E-state index contributed by atoms with van der Waals surface area (Å²) >= 11 is 0. The van der Waals surface area contributed by atoms with Gasteiger partial charge in [0.05, 0.1) is 17.7 Å². The first-order chi connectivity index (χ1) is 15.2. The second-order valence-corrected chi connectivity index (χ2v) is 9.14. The van der Waals surface area contributed by atoms with Gasteiger partial charge in [-0.2, -0.15) is 0 Å². The molecule has 0 fully saturated rings. The second-order valence-electron chi connectivity index (χ2n) is 7.17. The van der Waals surface area contributed by atoms with E-state index in [9.17, 15) is 13.2 Å². The summed E-state index contributed by atoms with van der Waals surface area (Å²) in [5.74, 6) is 0.919. The normalized spacial score (nSPS) is 11.0. The van der Waals surface area contributed by atoms with E-state index in [-0.39, 0.29) is 11.5 Å². The molecule has 0 saturated heterocycles. The van der Waals surface area contributed by atoms with Crippen molar-refractivity contribution in [1.29, 1.82) is 0 Å². The Kier molecular flexibility index (Phi) is 7.05. The van der Waals surface area contributed by atoms with Gasteiger partial charge >= 0.3 is 5.97 Å². The van der Waals surface area contributed by atoms with Gasteiger partial charge in [0.25, 0.3) is 10.0 Å². The number of carbonyl (C=O) groups excluding carboxylic acids is 1. The highest BCUT2D eigenvalue weighted by molar-refractivity contribution is 7.92. The molecular weight excluding hydrogens is 430 g/mol. The van der Waals surface area contributed by atoms with Crippen LogP contribution < -0.4 is 18.5 Å². The van der Waals surface area contributed by atoms with Crippen molar-refractivity contribution in [3.63, 3.8) is 0 Å². The first kappa shape index (κ1) is 23.1. The van der Waals surface area contributed by atoms with Gasteiger partial charge in [-0.05, 0) is 74.0 Å². The molecule has 8 heteroatoms. The molecule has 0 aromatic heterocycles. The van der Waals surface area contributed by atoms with Crippen LogP contribution in [0.3, 0.4) is 0 Å². The molecule has 0 N–H and O–H groups in total. The number of esters is 1. The number of benzene rings is 3. The van der Waals surface area contributed by atoms with Crippen LogP contribution in [0.1, 0.15) is 11.1 Å². The van der Waals surface area contributed by atoms with E-state index in [0.717, 1.165) is 15.4 Å². The molecule has 0 atom stereocenters. The Morgan fingerprint density at radius 1 is 0.906 bits per heavy atom. The summed E-state index contributed by atoms with van der Waals surface area (Å²) in [6.45, 7) is 3.65. The molecule has 32 heavy (non-hydrogen) atoms. The molecular formula is C24H25NO6S. The first-order valence-electron chi connectivity index (χ1n) is 9.84. The molecule has 0 aliphatic heterocycles. The predicted molar refractivity (Wildman–Crippen MR) is 122 cm³/mol. The van der Waals surface area contributed by atoms with Crippen LogP contribution in [0, 0.1) is 13.8 Å². The highest BCUT2D eigenvalue weighted by atomic mass is 32.2. The third-order valence-electron chi connectivity index (χ3n) is 4.83. The zero-order valence-electron chi connectivity index (χ0n) is 18.4. The lowest BCUT2D eigenvalue weighted by Gasteiger charge is -2.20. The number of aryl methyl sites for hydroxylation is 2. The summed E-state index contributed by atoms with van der Waals surface area (Å²) in [6.07, 6.45) is 0. The minimum Gasteiger partial charge on any atom is -0.497 e. The number of sulfonamides is 1. The molecule has 7 nitrogen and oxygen atoms in total. The van der Waals surface area contributed by atoms with Crippen molar-refractivity contribution >= 4 is 21.7 Å². The predicted octanol–water partition coefficient (Wildman–Crippen LogP) is 4.12. The number of methoxy groups -OCH3 is 1. The van der Waals surface area contributed by atoms with Crippen molar-refractivity contribution < 1.29 is 27.4 Å². The Hall–Kier alpha value is -3.52. The SMILES string of the molecule is COc1ccc(S(=O)(=O)N(C)c2ccc(OC(=O)COc3ccc(C)cc3C)cc2)cc1. The number of hydrogen-bond acceptors (Lipinski definition) is 6. The molecule has 0 spiro atoms. The van der Waals surface area contributed by atoms with E-state index in [4.69, 9.17) is 14.2 Å². The lowest BCUT2D eigenvalue weighted by atomic mass is 10.1. The molecule has 3 aromatic carbocycles. The highest BCUT2D eigenvalue weighted by Crippen LogP contribution is 2.26.